The highest BCUT2D eigenvalue weighted by Gasteiger charge is 2.24. The fourth-order valence-electron chi connectivity index (χ4n) is 1.83. The van der Waals surface area contributed by atoms with E-state index < -0.39 is 10.0 Å². The number of halogens is 2. The Morgan fingerprint density at radius 2 is 1.86 bits per heavy atom. The van der Waals surface area contributed by atoms with E-state index >= 15 is 0 Å². The Morgan fingerprint density at radius 3 is 2.43 bits per heavy atom. The van der Waals surface area contributed by atoms with Crippen LogP contribution in [0.3, 0.4) is 0 Å². The minimum absolute atomic E-state index is 0.111. The molecule has 0 aliphatic rings. The molecule has 0 spiro atoms. The molecule has 4 nitrogen and oxygen atoms in total. The van der Waals surface area contributed by atoms with Crippen LogP contribution in [0.5, 0.6) is 0 Å². The lowest BCUT2D eigenvalue weighted by Crippen LogP contribution is -2.28. The molecule has 120 valence electrons. The van der Waals surface area contributed by atoms with Gasteiger partial charge in [-0.25, -0.2) is 12.7 Å². The first-order valence-electron chi connectivity index (χ1n) is 6.99. The van der Waals surface area contributed by atoms with Crippen molar-refractivity contribution in [1.82, 2.24) is 9.62 Å². The van der Waals surface area contributed by atoms with E-state index in [2.05, 4.69) is 5.32 Å². The van der Waals surface area contributed by atoms with Gasteiger partial charge in [0.25, 0.3) is 0 Å². The van der Waals surface area contributed by atoms with Crippen LogP contribution in [0.2, 0.25) is 10.0 Å². The van der Waals surface area contributed by atoms with Gasteiger partial charge in [0.05, 0.1) is 5.02 Å². The van der Waals surface area contributed by atoms with Gasteiger partial charge in [0.15, 0.2) is 0 Å². The number of hydrogen-bond donors (Lipinski definition) is 1. The van der Waals surface area contributed by atoms with E-state index in [1.807, 2.05) is 13.8 Å². The van der Waals surface area contributed by atoms with Gasteiger partial charge in [0.2, 0.25) is 10.0 Å². The van der Waals surface area contributed by atoms with Crippen molar-refractivity contribution in [2.75, 3.05) is 20.1 Å². The smallest absolute Gasteiger partial charge is 0.244 e. The van der Waals surface area contributed by atoms with Crippen LogP contribution in [0.1, 0.15) is 32.3 Å². The van der Waals surface area contributed by atoms with E-state index in [4.69, 9.17) is 23.2 Å². The molecular weight excluding hydrogens is 331 g/mol. The molecule has 0 aliphatic heterocycles. The van der Waals surface area contributed by atoms with Gasteiger partial charge in [-0.15, -0.1) is 0 Å². The third-order valence-electron chi connectivity index (χ3n) is 3.18. The summed E-state index contributed by atoms with van der Waals surface area (Å²) in [6.07, 6.45) is 1.74. The Labute approximate surface area is 137 Å². The van der Waals surface area contributed by atoms with E-state index in [-0.39, 0.29) is 9.92 Å². The molecule has 0 bridgehead atoms. The molecule has 0 fully saturated rings. The van der Waals surface area contributed by atoms with Crippen LogP contribution >= 0.6 is 23.2 Å². The van der Waals surface area contributed by atoms with Gasteiger partial charge in [-0.2, -0.15) is 0 Å². The van der Waals surface area contributed by atoms with E-state index in [0.717, 1.165) is 24.9 Å². The highest BCUT2D eigenvalue weighted by atomic mass is 35.5. The fourth-order valence-corrected chi connectivity index (χ4v) is 3.88. The average Bonchev–Trinajstić information content (AvgIpc) is 2.43. The van der Waals surface area contributed by atoms with Crippen molar-refractivity contribution < 1.29 is 8.42 Å². The lowest BCUT2D eigenvalue weighted by atomic mass is 10.2. The molecule has 0 heterocycles. The Bertz CT molecular complexity index is 577. The first kappa shape index (κ1) is 18.7. The highest BCUT2D eigenvalue weighted by Crippen LogP contribution is 2.30. The second kappa shape index (κ2) is 8.34. The second-order valence-electron chi connectivity index (χ2n) is 4.83. The molecule has 0 amide bonds. The van der Waals surface area contributed by atoms with Gasteiger partial charge in [0, 0.05) is 25.2 Å². The number of unbranched alkanes of at least 4 members (excludes halogenated alkanes) is 1. The van der Waals surface area contributed by atoms with Gasteiger partial charge in [-0.3, -0.25) is 0 Å². The minimum Gasteiger partial charge on any atom is -0.313 e. The predicted octanol–water partition coefficient (Wildman–Crippen LogP) is 3.52. The quantitative estimate of drug-likeness (QED) is 0.778. The van der Waals surface area contributed by atoms with Crippen LogP contribution in [0, 0.1) is 0 Å². The molecule has 7 heteroatoms. The maximum atomic E-state index is 12.6. The number of rotatable bonds is 8. The number of benzene rings is 1. The Balaban J connectivity index is 3.16. The monoisotopic (exact) mass is 352 g/mol. The second-order valence-corrected chi connectivity index (χ2v) is 7.66. The van der Waals surface area contributed by atoms with E-state index in [0.29, 0.717) is 18.1 Å². The molecule has 1 aromatic rings. The summed E-state index contributed by atoms with van der Waals surface area (Å²) >= 11 is 12.2. The average molecular weight is 353 g/mol. The zero-order valence-electron chi connectivity index (χ0n) is 12.6. The molecule has 0 aromatic heterocycles. The molecule has 21 heavy (non-hydrogen) atoms. The summed E-state index contributed by atoms with van der Waals surface area (Å²) in [4.78, 5) is 0.111. The molecule has 0 unspecified atom stereocenters. The van der Waals surface area contributed by atoms with Crippen LogP contribution in [-0.2, 0) is 16.6 Å². The lowest BCUT2D eigenvalue weighted by Gasteiger charge is -2.19. The molecule has 0 aliphatic carbocycles. The molecule has 0 atom stereocenters. The van der Waals surface area contributed by atoms with Crippen LogP contribution in [0.4, 0.5) is 0 Å². The maximum Gasteiger partial charge on any atom is 0.244 e. The van der Waals surface area contributed by atoms with Crippen molar-refractivity contribution in [2.45, 2.75) is 38.1 Å². The fraction of sp³-hybridized carbons (Fsp3) is 0.571. The minimum atomic E-state index is -3.59. The van der Waals surface area contributed by atoms with Gasteiger partial charge in [-0.1, -0.05) is 43.5 Å². The number of nitrogens with one attached hydrogen (secondary N) is 1. The third-order valence-corrected chi connectivity index (χ3v) is 5.85. The van der Waals surface area contributed by atoms with Crippen LogP contribution < -0.4 is 5.32 Å². The molecule has 0 saturated heterocycles. The molecule has 1 rings (SSSR count). The number of nitrogens with zero attached hydrogens (tertiary/aromatic N) is 1. The first-order valence-corrected chi connectivity index (χ1v) is 9.19. The Hall–Kier alpha value is -0.330. The largest absolute Gasteiger partial charge is 0.313 e. The summed E-state index contributed by atoms with van der Waals surface area (Å²) in [6.45, 7) is 5.75. The molecule has 0 radical (unpaired) electrons. The maximum absolute atomic E-state index is 12.6. The van der Waals surface area contributed by atoms with Crippen LogP contribution in [0.15, 0.2) is 17.0 Å². The highest BCUT2D eigenvalue weighted by molar-refractivity contribution is 7.89. The summed E-state index contributed by atoms with van der Waals surface area (Å²) in [5.74, 6) is 0. The van der Waals surface area contributed by atoms with Gasteiger partial charge >= 0.3 is 0 Å². The van der Waals surface area contributed by atoms with Crippen LogP contribution in [-0.4, -0.2) is 32.9 Å². The summed E-state index contributed by atoms with van der Waals surface area (Å²) in [5, 5.41) is 3.76. The van der Waals surface area contributed by atoms with Crippen LogP contribution in [0.25, 0.3) is 0 Å². The van der Waals surface area contributed by atoms with Gasteiger partial charge < -0.3 is 5.32 Å². The molecular formula is C14H22Cl2N2O2S. The molecule has 1 aromatic carbocycles. The topological polar surface area (TPSA) is 49.4 Å². The zero-order chi connectivity index (χ0) is 16.0. The van der Waals surface area contributed by atoms with Gasteiger partial charge in [0.1, 0.15) is 4.90 Å². The van der Waals surface area contributed by atoms with E-state index in [1.165, 1.54) is 10.4 Å². The molecule has 0 saturated carbocycles. The normalized spacial score (nSPS) is 12.1. The number of hydrogen-bond acceptors (Lipinski definition) is 3. The summed E-state index contributed by atoms with van der Waals surface area (Å²) in [7, 11) is -2.02. The Kier molecular flexibility index (Phi) is 7.44. The van der Waals surface area contributed by atoms with Crippen molar-refractivity contribution >= 4 is 33.2 Å². The standard InChI is InChI=1S/C14H22Cl2N2O2S/c1-4-6-7-18(3)21(19,20)14-8-11(10-17-5-2)12(15)9-13(14)16/h8-9,17H,4-7,10H2,1-3H3. The van der Waals surface area contributed by atoms with Crippen molar-refractivity contribution in [1.29, 1.82) is 0 Å². The summed E-state index contributed by atoms with van der Waals surface area (Å²) in [6, 6.07) is 3.06. The summed E-state index contributed by atoms with van der Waals surface area (Å²) in [5.41, 5.74) is 0.727. The van der Waals surface area contributed by atoms with E-state index in [1.54, 1.807) is 13.1 Å². The first-order chi connectivity index (χ1) is 9.84. The predicted molar refractivity (Wildman–Crippen MR) is 88.6 cm³/mol. The summed E-state index contributed by atoms with van der Waals surface area (Å²) < 4.78 is 26.5. The zero-order valence-corrected chi connectivity index (χ0v) is 14.9. The van der Waals surface area contributed by atoms with Crippen molar-refractivity contribution in [3.8, 4) is 0 Å². The van der Waals surface area contributed by atoms with Gasteiger partial charge in [-0.05, 0) is 30.7 Å². The van der Waals surface area contributed by atoms with E-state index in [9.17, 15) is 8.42 Å². The van der Waals surface area contributed by atoms with Crippen molar-refractivity contribution in [3.63, 3.8) is 0 Å². The van der Waals surface area contributed by atoms with Crippen molar-refractivity contribution in [3.05, 3.63) is 27.7 Å². The van der Waals surface area contributed by atoms with Crippen molar-refractivity contribution in [2.24, 2.45) is 0 Å². The number of sulfonamides is 1. The Morgan fingerprint density at radius 1 is 1.19 bits per heavy atom. The SMILES string of the molecule is CCCCN(C)S(=O)(=O)c1cc(CNCC)c(Cl)cc1Cl. The molecule has 1 N–H and O–H groups in total. The third kappa shape index (κ3) is 4.83. The lowest BCUT2D eigenvalue weighted by molar-refractivity contribution is 0.459.